The molecule has 1 N–H and O–H groups in total. The van der Waals surface area contributed by atoms with Gasteiger partial charge in [0.2, 0.25) is 11.8 Å². The first kappa shape index (κ1) is 19.6. The van der Waals surface area contributed by atoms with Crippen molar-refractivity contribution in [3.63, 3.8) is 0 Å². The Hall–Kier alpha value is -3.15. The number of hydrazone groups is 1. The highest BCUT2D eigenvalue weighted by molar-refractivity contribution is 6.00. The molecule has 1 aliphatic heterocycles. The van der Waals surface area contributed by atoms with Gasteiger partial charge in [0.25, 0.3) is 0 Å². The number of rotatable bonds is 6. The first-order chi connectivity index (χ1) is 13.5. The molecule has 6 heteroatoms. The van der Waals surface area contributed by atoms with E-state index in [2.05, 4.69) is 36.5 Å². The van der Waals surface area contributed by atoms with Gasteiger partial charge in [0.15, 0.2) is 0 Å². The number of amides is 2. The molecule has 2 aromatic carbocycles. The van der Waals surface area contributed by atoms with Crippen molar-refractivity contribution in [3.8, 4) is 5.75 Å². The Bertz CT molecular complexity index is 858. The zero-order valence-corrected chi connectivity index (χ0v) is 16.4. The number of carbonyl (C=O) groups excluding carboxylic acids is 2. The number of anilines is 1. The minimum Gasteiger partial charge on any atom is -0.497 e. The maximum absolute atomic E-state index is 12.4. The molecule has 0 radical (unpaired) electrons. The normalized spacial score (nSPS) is 16.8. The monoisotopic (exact) mass is 379 g/mol. The van der Waals surface area contributed by atoms with Gasteiger partial charge in [-0.3, -0.25) is 9.59 Å². The predicted octanol–water partition coefficient (Wildman–Crippen LogP) is 3.32. The van der Waals surface area contributed by atoms with Crippen LogP contribution in [-0.4, -0.2) is 31.7 Å². The summed E-state index contributed by atoms with van der Waals surface area (Å²) in [4.78, 5) is 26.3. The quantitative estimate of drug-likeness (QED) is 0.618. The summed E-state index contributed by atoms with van der Waals surface area (Å²) in [5.41, 5.74) is 5.48. The van der Waals surface area contributed by atoms with E-state index >= 15 is 0 Å². The Kier molecular flexibility index (Phi) is 6.09. The number of benzene rings is 2. The summed E-state index contributed by atoms with van der Waals surface area (Å²) in [5, 5.41) is 4.04. The minimum absolute atomic E-state index is 0.0708. The van der Waals surface area contributed by atoms with E-state index in [0.717, 1.165) is 17.0 Å². The Morgan fingerprint density at radius 1 is 1.18 bits per heavy atom. The van der Waals surface area contributed by atoms with E-state index in [1.165, 1.54) is 5.56 Å². The average molecular weight is 379 g/mol. The Morgan fingerprint density at radius 3 is 2.46 bits per heavy atom. The SMILES string of the molecule is COc1ccc(N2C[C@@H](C(=O)N/N=C\c3ccc(C(C)C)cc3)CC2=O)cc1. The predicted molar refractivity (Wildman–Crippen MR) is 110 cm³/mol. The van der Waals surface area contributed by atoms with Gasteiger partial charge in [-0.15, -0.1) is 0 Å². The van der Waals surface area contributed by atoms with Gasteiger partial charge in [0.1, 0.15) is 5.75 Å². The van der Waals surface area contributed by atoms with E-state index in [-0.39, 0.29) is 18.2 Å². The minimum atomic E-state index is -0.421. The van der Waals surface area contributed by atoms with E-state index in [4.69, 9.17) is 4.74 Å². The molecule has 0 spiro atoms. The molecule has 0 saturated carbocycles. The Labute approximate surface area is 165 Å². The molecule has 6 nitrogen and oxygen atoms in total. The average Bonchev–Trinajstić information content (AvgIpc) is 3.10. The molecule has 1 heterocycles. The third-order valence-electron chi connectivity index (χ3n) is 4.87. The van der Waals surface area contributed by atoms with Crippen LogP contribution < -0.4 is 15.1 Å². The topological polar surface area (TPSA) is 71.0 Å². The zero-order valence-electron chi connectivity index (χ0n) is 16.4. The maximum atomic E-state index is 12.4. The Balaban J connectivity index is 1.56. The third kappa shape index (κ3) is 4.57. The summed E-state index contributed by atoms with van der Waals surface area (Å²) in [6, 6.07) is 15.3. The van der Waals surface area contributed by atoms with Crippen molar-refractivity contribution in [2.45, 2.75) is 26.2 Å². The third-order valence-corrected chi connectivity index (χ3v) is 4.87. The standard InChI is InChI=1S/C22H25N3O3/c1-15(2)17-6-4-16(5-7-17)13-23-24-22(27)18-12-21(26)25(14-18)19-8-10-20(28-3)11-9-19/h4-11,13,15,18H,12,14H2,1-3H3,(H,24,27)/b23-13-/t18-/m0/s1. The van der Waals surface area contributed by atoms with Crippen LogP contribution in [0.1, 0.15) is 37.3 Å². The smallest absolute Gasteiger partial charge is 0.245 e. The fraction of sp³-hybridized carbons (Fsp3) is 0.318. The van der Waals surface area contributed by atoms with E-state index in [0.29, 0.717) is 12.5 Å². The van der Waals surface area contributed by atoms with Gasteiger partial charge in [-0.2, -0.15) is 5.10 Å². The molecule has 3 rings (SSSR count). The van der Waals surface area contributed by atoms with Crippen molar-refractivity contribution in [1.29, 1.82) is 0 Å². The Morgan fingerprint density at radius 2 is 1.86 bits per heavy atom. The lowest BCUT2D eigenvalue weighted by Gasteiger charge is -2.16. The first-order valence-corrected chi connectivity index (χ1v) is 9.35. The summed E-state index contributed by atoms with van der Waals surface area (Å²) in [6.45, 7) is 4.62. The molecule has 2 aromatic rings. The summed E-state index contributed by atoms with van der Waals surface area (Å²) in [7, 11) is 1.59. The summed E-state index contributed by atoms with van der Waals surface area (Å²) in [6.07, 6.45) is 1.79. The fourth-order valence-corrected chi connectivity index (χ4v) is 3.12. The van der Waals surface area contributed by atoms with Crippen LogP contribution in [0.5, 0.6) is 5.75 Å². The van der Waals surface area contributed by atoms with Gasteiger partial charge in [-0.1, -0.05) is 38.1 Å². The highest BCUT2D eigenvalue weighted by Gasteiger charge is 2.35. The molecule has 1 saturated heterocycles. The lowest BCUT2D eigenvalue weighted by molar-refractivity contribution is -0.126. The van der Waals surface area contributed by atoms with E-state index < -0.39 is 5.92 Å². The van der Waals surface area contributed by atoms with Gasteiger partial charge in [0, 0.05) is 18.7 Å². The number of ether oxygens (including phenoxy) is 1. The molecular formula is C22H25N3O3. The van der Waals surface area contributed by atoms with Gasteiger partial charge in [-0.05, 0) is 41.3 Å². The molecule has 1 atom stereocenters. The van der Waals surface area contributed by atoms with Crippen LogP contribution in [0.2, 0.25) is 0 Å². The maximum Gasteiger partial charge on any atom is 0.245 e. The number of carbonyl (C=O) groups is 2. The molecule has 0 unspecified atom stereocenters. The lowest BCUT2D eigenvalue weighted by atomic mass is 10.0. The second kappa shape index (κ2) is 8.69. The second-order valence-corrected chi connectivity index (χ2v) is 7.16. The second-order valence-electron chi connectivity index (χ2n) is 7.16. The highest BCUT2D eigenvalue weighted by Crippen LogP contribution is 2.26. The summed E-state index contributed by atoms with van der Waals surface area (Å²) >= 11 is 0. The fourth-order valence-electron chi connectivity index (χ4n) is 3.12. The lowest BCUT2D eigenvalue weighted by Crippen LogP contribution is -2.30. The zero-order chi connectivity index (χ0) is 20.1. The van der Waals surface area contributed by atoms with Crippen LogP contribution >= 0.6 is 0 Å². The number of hydrogen-bond donors (Lipinski definition) is 1. The number of methoxy groups -OCH3 is 1. The van der Waals surface area contributed by atoms with Crippen LogP contribution in [0.15, 0.2) is 53.6 Å². The van der Waals surface area contributed by atoms with Crippen LogP contribution in [0.3, 0.4) is 0 Å². The van der Waals surface area contributed by atoms with Gasteiger partial charge < -0.3 is 9.64 Å². The van der Waals surface area contributed by atoms with Crippen molar-refractivity contribution in [3.05, 3.63) is 59.7 Å². The number of nitrogens with zero attached hydrogens (tertiary/aromatic N) is 2. The largest absolute Gasteiger partial charge is 0.497 e. The van der Waals surface area contributed by atoms with Crippen molar-refractivity contribution in [1.82, 2.24) is 5.43 Å². The van der Waals surface area contributed by atoms with E-state index in [9.17, 15) is 9.59 Å². The van der Waals surface area contributed by atoms with Crippen molar-refractivity contribution >= 4 is 23.7 Å². The van der Waals surface area contributed by atoms with Crippen molar-refractivity contribution < 1.29 is 14.3 Å². The molecule has 146 valence electrons. The van der Waals surface area contributed by atoms with Crippen molar-refractivity contribution in [2.75, 3.05) is 18.6 Å². The van der Waals surface area contributed by atoms with E-state index in [1.54, 1.807) is 30.4 Å². The van der Waals surface area contributed by atoms with Crippen LogP contribution in [0, 0.1) is 5.92 Å². The first-order valence-electron chi connectivity index (χ1n) is 9.35. The van der Waals surface area contributed by atoms with Crippen LogP contribution in [0.4, 0.5) is 5.69 Å². The number of hydrogen-bond acceptors (Lipinski definition) is 4. The van der Waals surface area contributed by atoms with E-state index in [1.807, 2.05) is 24.3 Å². The highest BCUT2D eigenvalue weighted by atomic mass is 16.5. The molecular weight excluding hydrogens is 354 g/mol. The van der Waals surface area contributed by atoms with Crippen LogP contribution in [-0.2, 0) is 9.59 Å². The molecule has 2 amide bonds. The van der Waals surface area contributed by atoms with Gasteiger partial charge >= 0.3 is 0 Å². The molecule has 0 aliphatic carbocycles. The molecule has 0 aromatic heterocycles. The van der Waals surface area contributed by atoms with Crippen LogP contribution in [0.25, 0.3) is 0 Å². The van der Waals surface area contributed by atoms with Gasteiger partial charge in [0.05, 0.1) is 19.2 Å². The number of nitrogens with one attached hydrogen (secondary N) is 1. The summed E-state index contributed by atoms with van der Waals surface area (Å²) < 4.78 is 5.13. The molecule has 0 bridgehead atoms. The van der Waals surface area contributed by atoms with Gasteiger partial charge in [-0.25, -0.2) is 5.43 Å². The van der Waals surface area contributed by atoms with Crippen molar-refractivity contribution in [2.24, 2.45) is 11.0 Å². The molecule has 1 aliphatic rings. The molecule has 28 heavy (non-hydrogen) atoms. The molecule has 1 fully saturated rings. The summed E-state index contributed by atoms with van der Waals surface area (Å²) in [5.74, 6) is 0.452.